The lowest BCUT2D eigenvalue weighted by Crippen LogP contribution is -2.38. The van der Waals surface area contributed by atoms with E-state index in [1.165, 1.54) is 16.9 Å². The van der Waals surface area contributed by atoms with Gasteiger partial charge in [0.05, 0.1) is 40.5 Å². The molecule has 0 bridgehead atoms. The van der Waals surface area contributed by atoms with Crippen LogP contribution in [0.15, 0.2) is 92.6 Å². The second-order valence-electron chi connectivity index (χ2n) is 10.0. The Morgan fingerprint density at radius 3 is 2.60 bits per heavy atom. The molecule has 5 aromatic rings. The number of fused-ring (bicyclic) bond motifs is 3. The van der Waals surface area contributed by atoms with Gasteiger partial charge in [-0.3, -0.25) is 9.36 Å². The van der Waals surface area contributed by atoms with Crippen molar-refractivity contribution in [3.63, 3.8) is 0 Å². The largest absolute Gasteiger partial charge is 0.493 e. The van der Waals surface area contributed by atoms with Crippen molar-refractivity contribution in [3.05, 3.63) is 131 Å². The Balaban J connectivity index is 1.41. The molecule has 6 nitrogen and oxygen atoms in total. The first-order valence-corrected chi connectivity index (χ1v) is 14.9. The fourth-order valence-corrected chi connectivity index (χ4v) is 7.12. The molecule has 2 aliphatic rings. The standard InChI is InChI=1S/C33H24Cl2N2O4S/c1-39-26-14-11-19(16-27(26)40-2)31-23-13-10-18-6-3-4-7-21(18)30(23)36-33-37(31)32(38)28(42-33)17-20-12-15-25(41-20)22-8-5-9-24(34)29(22)35/h3-9,11-12,14-17,31H,10,13H2,1-2H3/b28-17-/t31-/m0/s1. The summed E-state index contributed by atoms with van der Waals surface area (Å²) in [5.74, 6) is 2.33. The van der Waals surface area contributed by atoms with E-state index in [9.17, 15) is 4.79 Å². The van der Waals surface area contributed by atoms with Crippen LogP contribution in [0, 0.1) is 0 Å². The number of aromatic nitrogens is 1. The molecule has 0 saturated carbocycles. The number of methoxy groups -OCH3 is 2. The number of hydrogen-bond acceptors (Lipinski definition) is 6. The number of nitrogens with zero attached hydrogens (tertiary/aromatic N) is 2. The van der Waals surface area contributed by atoms with Crippen LogP contribution in [0.2, 0.25) is 10.0 Å². The molecule has 9 heteroatoms. The van der Waals surface area contributed by atoms with Gasteiger partial charge in [0, 0.05) is 17.2 Å². The lowest BCUT2D eigenvalue weighted by Gasteiger charge is -2.31. The van der Waals surface area contributed by atoms with Crippen LogP contribution in [0.25, 0.3) is 23.1 Å². The molecule has 0 unspecified atom stereocenters. The van der Waals surface area contributed by atoms with E-state index in [4.69, 9.17) is 42.1 Å². The molecule has 0 spiro atoms. The van der Waals surface area contributed by atoms with E-state index < -0.39 is 0 Å². The van der Waals surface area contributed by atoms with E-state index in [0.717, 1.165) is 35.2 Å². The number of halogens is 2. The third kappa shape index (κ3) is 4.40. The van der Waals surface area contributed by atoms with Crippen LogP contribution in [0.1, 0.15) is 34.9 Å². The highest BCUT2D eigenvalue weighted by atomic mass is 35.5. The van der Waals surface area contributed by atoms with Crippen LogP contribution >= 0.6 is 34.5 Å². The molecule has 210 valence electrons. The van der Waals surface area contributed by atoms with Crippen molar-refractivity contribution in [3.8, 4) is 22.8 Å². The van der Waals surface area contributed by atoms with Gasteiger partial charge in [-0.15, -0.1) is 0 Å². The molecule has 0 fully saturated rings. The van der Waals surface area contributed by atoms with Gasteiger partial charge in [-0.1, -0.05) is 70.9 Å². The SMILES string of the molecule is COc1ccc([C@H]2C3=C(N=c4s/c(=C\c5ccc(-c6cccc(Cl)c6Cl)o5)c(=O)n42)c2ccccc2CC3)cc1OC. The fourth-order valence-electron chi connectivity index (χ4n) is 5.74. The van der Waals surface area contributed by atoms with Crippen molar-refractivity contribution in [2.45, 2.75) is 18.9 Å². The first-order valence-electron chi connectivity index (χ1n) is 13.4. The second-order valence-corrected chi connectivity index (χ2v) is 11.8. The zero-order valence-electron chi connectivity index (χ0n) is 22.7. The first kappa shape index (κ1) is 26.8. The van der Waals surface area contributed by atoms with Gasteiger partial charge in [-0.05, 0) is 65.9 Å². The van der Waals surface area contributed by atoms with Gasteiger partial charge < -0.3 is 13.9 Å². The third-order valence-electron chi connectivity index (χ3n) is 7.71. The average Bonchev–Trinajstić information content (AvgIpc) is 3.61. The molecule has 3 heterocycles. The summed E-state index contributed by atoms with van der Waals surface area (Å²) in [7, 11) is 3.22. The maximum absolute atomic E-state index is 14.1. The van der Waals surface area contributed by atoms with E-state index in [1.807, 2.05) is 48.5 Å². The molecule has 2 aromatic heterocycles. The summed E-state index contributed by atoms with van der Waals surface area (Å²) in [6, 6.07) is 22.9. The maximum Gasteiger partial charge on any atom is 0.271 e. The Morgan fingerprint density at radius 2 is 1.76 bits per heavy atom. The Hall–Kier alpha value is -4.04. The van der Waals surface area contributed by atoms with Crippen LogP contribution in [0.4, 0.5) is 0 Å². The molecule has 0 radical (unpaired) electrons. The molecule has 1 aliphatic carbocycles. The number of rotatable bonds is 5. The number of ether oxygens (including phenoxy) is 2. The highest BCUT2D eigenvalue weighted by Gasteiger charge is 2.33. The summed E-state index contributed by atoms with van der Waals surface area (Å²) >= 11 is 14.0. The van der Waals surface area contributed by atoms with Crippen LogP contribution in [0.5, 0.6) is 11.5 Å². The smallest absolute Gasteiger partial charge is 0.271 e. The molecule has 0 amide bonds. The first-order chi connectivity index (χ1) is 20.5. The summed E-state index contributed by atoms with van der Waals surface area (Å²) in [5.41, 5.74) is 5.88. The monoisotopic (exact) mass is 614 g/mol. The normalized spacial score (nSPS) is 16.0. The van der Waals surface area contributed by atoms with Gasteiger partial charge in [0.2, 0.25) is 0 Å². The van der Waals surface area contributed by atoms with Crippen LogP contribution in [0.3, 0.4) is 0 Å². The van der Waals surface area contributed by atoms with E-state index in [-0.39, 0.29) is 11.6 Å². The molecule has 7 rings (SSSR count). The summed E-state index contributed by atoms with van der Waals surface area (Å²) in [4.78, 5) is 19.8. The second kappa shape index (κ2) is 10.7. The van der Waals surface area contributed by atoms with Gasteiger partial charge in [0.1, 0.15) is 11.5 Å². The molecule has 42 heavy (non-hydrogen) atoms. The van der Waals surface area contributed by atoms with Crippen molar-refractivity contribution in [1.29, 1.82) is 0 Å². The van der Waals surface area contributed by atoms with Gasteiger partial charge in [-0.2, -0.15) is 0 Å². The van der Waals surface area contributed by atoms with E-state index in [1.54, 1.807) is 30.9 Å². The van der Waals surface area contributed by atoms with Crippen LogP contribution < -0.4 is 24.4 Å². The predicted octanol–water partition coefficient (Wildman–Crippen LogP) is 6.90. The quantitative estimate of drug-likeness (QED) is 0.216. The number of furan rings is 1. The van der Waals surface area contributed by atoms with Crippen molar-refractivity contribution >= 4 is 46.3 Å². The van der Waals surface area contributed by atoms with Gasteiger partial charge in [0.25, 0.3) is 5.56 Å². The van der Waals surface area contributed by atoms with Crippen molar-refractivity contribution < 1.29 is 13.9 Å². The number of benzene rings is 3. The number of aryl methyl sites for hydroxylation is 1. The lowest BCUT2D eigenvalue weighted by molar-refractivity contribution is 0.354. The van der Waals surface area contributed by atoms with E-state index >= 15 is 0 Å². The molecule has 3 aromatic carbocycles. The van der Waals surface area contributed by atoms with Crippen LogP contribution in [-0.4, -0.2) is 18.8 Å². The minimum Gasteiger partial charge on any atom is -0.493 e. The summed E-state index contributed by atoms with van der Waals surface area (Å²) in [6.45, 7) is 0. The lowest BCUT2D eigenvalue weighted by atomic mass is 9.83. The zero-order chi connectivity index (χ0) is 29.0. The molecular weight excluding hydrogens is 591 g/mol. The summed E-state index contributed by atoms with van der Waals surface area (Å²) < 4.78 is 19.5. The minimum atomic E-state index is -0.344. The van der Waals surface area contributed by atoms with Crippen molar-refractivity contribution in [1.82, 2.24) is 4.57 Å². The van der Waals surface area contributed by atoms with Crippen molar-refractivity contribution in [2.75, 3.05) is 14.2 Å². The zero-order valence-corrected chi connectivity index (χ0v) is 25.0. The summed E-state index contributed by atoms with van der Waals surface area (Å²) in [5, 5.41) is 0.862. The summed E-state index contributed by atoms with van der Waals surface area (Å²) in [6.07, 6.45) is 3.43. The number of allylic oxidation sites excluding steroid dienone is 1. The molecule has 1 aliphatic heterocycles. The van der Waals surface area contributed by atoms with Gasteiger partial charge >= 0.3 is 0 Å². The fraction of sp³-hybridized carbons (Fsp3) is 0.152. The molecular formula is C33H24Cl2N2O4S. The van der Waals surface area contributed by atoms with Crippen LogP contribution in [-0.2, 0) is 6.42 Å². The minimum absolute atomic E-state index is 0.136. The molecule has 0 saturated heterocycles. The number of hydrogen-bond donors (Lipinski definition) is 0. The third-order valence-corrected chi connectivity index (χ3v) is 9.52. The Labute approximate surface area is 255 Å². The van der Waals surface area contributed by atoms with Gasteiger partial charge in [0.15, 0.2) is 16.3 Å². The van der Waals surface area contributed by atoms with E-state index in [0.29, 0.717) is 48.0 Å². The Kier molecular flexibility index (Phi) is 6.81. The highest BCUT2D eigenvalue weighted by molar-refractivity contribution is 7.07. The highest BCUT2D eigenvalue weighted by Crippen LogP contribution is 2.43. The Bertz CT molecular complexity index is 2090. The molecule has 0 N–H and O–H groups in total. The van der Waals surface area contributed by atoms with E-state index in [2.05, 4.69) is 18.2 Å². The number of thiazole rings is 1. The molecule has 1 atom stereocenters. The maximum atomic E-state index is 14.1. The topological polar surface area (TPSA) is 66.0 Å². The van der Waals surface area contributed by atoms with Crippen molar-refractivity contribution in [2.24, 2.45) is 4.99 Å². The van der Waals surface area contributed by atoms with Gasteiger partial charge in [-0.25, -0.2) is 4.99 Å². The average molecular weight is 616 g/mol. The Morgan fingerprint density at radius 1 is 0.952 bits per heavy atom. The predicted molar refractivity (Wildman–Crippen MR) is 166 cm³/mol.